The molecule has 1 aromatic rings. The minimum Gasteiger partial charge on any atom is -0.464 e. The first kappa shape index (κ1) is 13.3. The molecule has 1 aliphatic rings. The molecule has 0 bridgehead atoms. The normalized spacial score (nSPS) is 21.4. The molecule has 2 rings (SSSR count). The molecule has 100 valence electrons. The molecular weight excluding hydrogens is 256 g/mol. The maximum absolute atomic E-state index is 11.1. The van der Waals surface area contributed by atoms with Gasteiger partial charge in [0.15, 0.2) is 0 Å². The van der Waals surface area contributed by atoms with Crippen molar-refractivity contribution in [3.8, 4) is 5.75 Å². The number of ether oxygens (including phenoxy) is 2. The van der Waals surface area contributed by atoms with Crippen molar-refractivity contribution in [1.82, 2.24) is 0 Å². The third-order valence-corrected chi connectivity index (χ3v) is 3.93. The van der Waals surface area contributed by atoms with Crippen LogP contribution in [0.1, 0.15) is 26.3 Å². The highest BCUT2D eigenvalue weighted by Gasteiger charge is 2.42. The van der Waals surface area contributed by atoms with E-state index >= 15 is 0 Å². The van der Waals surface area contributed by atoms with E-state index in [2.05, 4.69) is 0 Å². The number of benzene rings is 1. The van der Waals surface area contributed by atoms with Crippen LogP contribution in [0.3, 0.4) is 0 Å². The zero-order valence-electron chi connectivity index (χ0n) is 10.5. The van der Waals surface area contributed by atoms with E-state index in [0.29, 0.717) is 12.4 Å². The molecule has 18 heavy (non-hydrogen) atoms. The maximum atomic E-state index is 11.1. The summed E-state index contributed by atoms with van der Waals surface area (Å²) in [6.45, 7) is 6.19. The lowest BCUT2D eigenvalue weighted by atomic mass is 9.85. The Kier molecular flexibility index (Phi) is 3.12. The lowest BCUT2D eigenvalue weighted by Crippen LogP contribution is -2.34. The Morgan fingerprint density at radius 1 is 1.44 bits per heavy atom. The first-order valence-corrected chi connectivity index (χ1v) is 7.11. The molecule has 0 saturated carbocycles. The Labute approximate surface area is 106 Å². The molecule has 0 fully saturated rings. The number of fused-ring (bicyclic) bond motifs is 1. The monoisotopic (exact) mass is 272 g/mol. The van der Waals surface area contributed by atoms with Gasteiger partial charge < -0.3 is 9.47 Å². The molecule has 0 amide bonds. The van der Waals surface area contributed by atoms with Crippen LogP contribution in [-0.4, -0.2) is 25.9 Å². The van der Waals surface area contributed by atoms with Crippen LogP contribution in [0.4, 0.5) is 0 Å². The van der Waals surface area contributed by atoms with Gasteiger partial charge in [0.25, 0.3) is 10.1 Å². The van der Waals surface area contributed by atoms with Gasteiger partial charge in [0.05, 0.1) is 10.3 Å². The van der Waals surface area contributed by atoms with Crippen LogP contribution in [-0.2, 0) is 20.3 Å². The summed E-state index contributed by atoms with van der Waals surface area (Å²) in [5, 5.41) is 0. The topological polar surface area (TPSA) is 72.8 Å². The van der Waals surface area contributed by atoms with Crippen molar-refractivity contribution in [1.29, 1.82) is 0 Å². The highest BCUT2D eigenvalue weighted by molar-refractivity contribution is 7.85. The second-order valence-electron chi connectivity index (χ2n) is 4.76. The fourth-order valence-corrected chi connectivity index (χ4v) is 2.57. The standard InChI is InChI=1S/C12H16O5S/c1-4-16-11-12(2,3)9-7-8(18(13,14)15)5-6-10(9)17-11/h5-7,11H,4H2,1-3H3,(H,13,14,15). The smallest absolute Gasteiger partial charge is 0.294 e. The minimum absolute atomic E-state index is 0.130. The Balaban J connectivity index is 2.48. The van der Waals surface area contributed by atoms with Crippen LogP contribution in [0.15, 0.2) is 23.1 Å². The fourth-order valence-electron chi connectivity index (χ4n) is 2.06. The van der Waals surface area contributed by atoms with Gasteiger partial charge in [-0.25, -0.2) is 0 Å². The van der Waals surface area contributed by atoms with E-state index in [1.54, 1.807) is 6.07 Å². The van der Waals surface area contributed by atoms with Gasteiger partial charge in [-0.3, -0.25) is 4.55 Å². The molecule has 6 heteroatoms. The minimum atomic E-state index is -4.20. The summed E-state index contributed by atoms with van der Waals surface area (Å²) in [6, 6.07) is 4.29. The Morgan fingerprint density at radius 3 is 2.67 bits per heavy atom. The van der Waals surface area contributed by atoms with Crippen molar-refractivity contribution in [2.24, 2.45) is 0 Å². The van der Waals surface area contributed by atoms with Crippen LogP contribution < -0.4 is 4.74 Å². The van der Waals surface area contributed by atoms with Crippen molar-refractivity contribution >= 4 is 10.1 Å². The summed E-state index contributed by atoms with van der Waals surface area (Å²) in [7, 11) is -4.20. The van der Waals surface area contributed by atoms with E-state index in [4.69, 9.17) is 14.0 Å². The van der Waals surface area contributed by atoms with Gasteiger partial charge in [-0.15, -0.1) is 0 Å². The molecule has 0 spiro atoms. The number of hydrogen-bond acceptors (Lipinski definition) is 4. The van der Waals surface area contributed by atoms with Gasteiger partial charge in [0.1, 0.15) is 5.75 Å². The zero-order valence-corrected chi connectivity index (χ0v) is 11.3. The fraction of sp³-hybridized carbons (Fsp3) is 0.500. The van der Waals surface area contributed by atoms with Crippen LogP contribution in [0.25, 0.3) is 0 Å². The summed E-state index contributed by atoms with van der Waals surface area (Å²) >= 11 is 0. The lowest BCUT2D eigenvalue weighted by Gasteiger charge is -2.25. The van der Waals surface area contributed by atoms with E-state index in [0.717, 1.165) is 5.56 Å². The van der Waals surface area contributed by atoms with E-state index in [-0.39, 0.29) is 4.90 Å². The third-order valence-electron chi connectivity index (χ3n) is 3.08. The third kappa shape index (κ3) is 2.11. The molecule has 1 atom stereocenters. The van der Waals surface area contributed by atoms with Gasteiger partial charge in [-0.2, -0.15) is 8.42 Å². The summed E-state index contributed by atoms with van der Waals surface area (Å²) in [6.07, 6.45) is -0.450. The summed E-state index contributed by atoms with van der Waals surface area (Å²) in [4.78, 5) is -0.130. The quantitative estimate of drug-likeness (QED) is 0.852. The van der Waals surface area contributed by atoms with Gasteiger partial charge in [-0.05, 0) is 39.0 Å². The molecule has 1 heterocycles. The Hall–Kier alpha value is -1.11. The predicted octanol–water partition coefficient (Wildman–Crippen LogP) is 1.97. The molecule has 0 saturated heterocycles. The average molecular weight is 272 g/mol. The SMILES string of the molecule is CCOC1Oc2ccc(S(=O)(=O)O)cc2C1(C)C. The molecule has 1 aliphatic heterocycles. The molecule has 5 nitrogen and oxygen atoms in total. The number of hydrogen-bond donors (Lipinski definition) is 1. The number of rotatable bonds is 3. The Bertz CT molecular complexity index is 562. The molecule has 0 aromatic heterocycles. The van der Waals surface area contributed by atoms with Crippen molar-refractivity contribution in [3.63, 3.8) is 0 Å². The molecule has 1 N–H and O–H groups in total. The maximum Gasteiger partial charge on any atom is 0.294 e. The van der Waals surface area contributed by atoms with Crippen LogP contribution in [0.5, 0.6) is 5.75 Å². The van der Waals surface area contributed by atoms with Crippen LogP contribution >= 0.6 is 0 Å². The first-order valence-electron chi connectivity index (χ1n) is 5.67. The molecule has 1 unspecified atom stereocenters. The summed E-state index contributed by atoms with van der Waals surface area (Å²) < 4.78 is 42.5. The van der Waals surface area contributed by atoms with E-state index in [1.165, 1.54) is 12.1 Å². The first-order chi connectivity index (χ1) is 8.26. The largest absolute Gasteiger partial charge is 0.464 e. The van der Waals surface area contributed by atoms with Crippen molar-refractivity contribution in [2.75, 3.05) is 6.61 Å². The molecule has 0 radical (unpaired) electrons. The van der Waals surface area contributed by atoms with Crippen LogP contribution in [0.2, 0.25) is 0 Å². The highest BCUT2D eigenvalue weighted by Crippen LogP contribution is 2.43. The second-order valence-corrected chi connectivity index (χ2v) is 6.18. The van der Waals surface area contributed by atoms with Gasteiger partial charge in [0, 0.05) is 12.2 Å². The van der Waals surface area contributed by atoms with Gasteiger partial charge in [0.2, 0.25) is 6.29 Å². The summed E-state index contributed by atoms with van der Waals surface area (Å²) in [5.41, 5.74) is 0.252. The Morgan fingerprint density at radius 2 is 2.11 bits per heavy atom. The average Bonchev–Trinajstić information content (AvgIpc) is 2.50. The van der Waals surface area contributed by atoms with Gasteiger partial charge in [-0.1, -0.05) is 0 Å². The highest BCUT2D eigenvalue weighted by atomic mass is 32.2. The summed E-state index contributed by atoms with van der Waals surface area (Å²) in [5.74, 6) is 0.589. The molecule has 1 aromatic carbocycles. The van der Waals surface area contributed by atoms with E-state index in [9.17, 15) is 8.42 Å². The lowest BCUT2D eigenvalue weighted by molar-refractivity contribution is -0.0981. The van der Waals surface area contributed by atoms with Crippen molar-refractivity contribution < 1.29 is 22.4 Å². The van der Waals surface area contributed by atoms with E-state index < -0.39 is 21.8 Å². The van der Waals surface area contributed by atoms with E-state index in [1.807, 2.05) is 20.8 Å². The van der Waals surface area contributed by atoms with Crippen LogP contribution in [0, 0.1) is 0 Å². The van der Waals surface area contributed by atoms with Gasteiger partial charge >= 0.3 is 0 Å². The molecular formula is C12H16O5S. The second kappa shape index (κ2) is 4.22. The van der Waals surface area contributed by atoms with Crippen molar-refractivity contribution in [2.45, 2.75) is 37.4 Å². The zero-order chi connectivity index (χ0) is 13.6. The van der Waals surface area contributed by atoms with Crippen molar-refractivity contribution in [3.05, 3.63) is 23.8 Å². The molecule has 0 aliphatic carbocycles. The predicted molar refractivity (Wildman–Crippen MR) is 65.3 cm³/mol.